The lowest BCUT2D eigenvalue weighted by molar-refractivity contribution is -0.218. The highest BCUT2D eigenvalue weighted by Gasteiger charge is 2.36. The van der Waals surface area contributed by atoms with Crippen LogP contribution in [-0.2, 0) is 16.5 Å². The van der Waals surface area contributed by atoms with Crippen LogP contribution in [-0.4, -0.2) is 75.2 Å². The van der Waals surface area contributed by atoms with E-state index in [-0.39, 0.29) is 18.2 Å². The zero-order valence-corrected chi connectivity index (χ0v) is 22.5. The largest absolute Gasteiger partial charge is 0.370 e. The van der Waals surface area contributed by atoms with Crippen molar-refractivity contribution in [3.63, 3.8) is 0 Å². The molecule has 2 aliphatic rings. The first kappa shape index (κ1) is 26.0. The van der Waals surface area contributed by atoms with E-state index in [0.29, 0.717) is 18.1 Å². The second-order valence-electron chi connectivity index (χ2n) is 9.84. The molecule has 1 fully saturated rings. The van der Waals surface area contributed by atoms with Gasteiger partial charge >= 0.3 is 0 Å². The molecule has 5 rings (SSSR count). The van der Waals surface area contributed by atoms with Crippen molar-refractivity contribution in [2.45, 2.75) is 38.5 Å². The quantitative estimate of drug-likeness (QED) is 0.467. The Morgan fingerprint density at radius 1 is 1.14 bits per heavy atom. The summed E-state index contributed by atoms with van der Waals surface area (Å²) in [7, 11) is 3.69. The standard InChI is InChI=1S/C28H34ClN5O3/c1-18(2)37-28(35)34-12-10-33(11-13-34)26-21-8-7-20(29)15-22(21)23(14-19-6-5-9-31-25(19)26)27(36-4)24-16-30-17-32(24)3/h5-9,14-18,26-28,35H,10-13H2,1-4H3/t26-,27?,28?/m0/s1. The molecule has 2 aromatic heterocycles. The van der Waals surface area contributed by atoms with E-state index >= 15 is 0 Å². The molecule has 1 N–H and O–H groups in total. The van der Waals surface area contributed by atoms with Crippen molar-refractivity contribution in [1.82, 2.24) is 24.3 Å². The van der Waals surface area contributed by atoms with Crippen LogP contribution in [0.15, 0.2) is 49.1 Å². The smallest absolute Gasteiger partial charge is 0.216 e. The minimum atomic E-state index is -0.901. The van der Waals surface area contributed by atoms with Crippen molar-refractivity contribution in [2.75, 3.05) is 33.3 Å². The molecule has 0 amide bonds. The molecule has 1 aliphatic heterocycles. The molecular formula is C28H34ClN5O3. The Morgan fingerprint density at radius 2 is 1.92 bits per heavy atom. The number of methoxy groups -OCH3 is 1. The number of rotatable bonds is 7. The number of aliphatic hydroxyl groups is 1. The van der Waals surface area contributed by atoms with Gasteiger partial charge in [0.1, 0.15) is 6.10 Å². The molecule has 196 valence electrons. The number of hydrogen-bond acceptors (Lipinski definition) is 7. The van der Waals surface area contributed by atoms with Crippen LogP contribution in [0.3, 0.4) is 0 Å². The average molecular weight is 524 g/mol. The lowest BCUT2D eigenvalue weighted by Crippen LogP contribution is -2.52. The fourth-order valence-electron chi connectivity index (χ4n) is 5.35. The Hall–Kier alpha value is -2.59. The van der Waals surface area contributed by atoms with Crippen molar-refractivity contribution < 1.29 is 14.6 Å². The Labute approximate surface area is 223 Å². The number of benzene rings is 1. The first-order chi connectivity index (χ1) is 17.9. The summed E-state index contributed by atoms with van der Waals surface area (Å²) < 4.78 is 13.7. The Balaban J connectivity index is 1.57. The van der Waals surface area contributed by atoms with Gasteiger partial charge in [-0.25, -0.2) is 4.98 Å². The summed E-state index contributed by atoms with van der Waals surface area (Å²) in [6.45, 7) is 6.74. The van der Waals surface area contributed by atoms with E-state index in [1.807, 2.05) is 61.0 Å². The van der Waals surface area contributed by atoms with Gasteiger partial charge in [0.25, 0.3) is 0 Å². The summed E-state index contributed by atoms with van der Waals surface area (Å²) in [4.78, 5) is 13.6. The minimum Gasteiger partial charge on any atom is -0.370 e. The number of hydrogen-bond donors (Lipinski definition) is 1. The van der Waals surface area contributed by atoms with Crippen molar-refractivity contribution in [3.8, 4) is 0 Å². The topological polar surface area (TPSA) is 75.9 Å². The number of pyridine rings is 1. The van der Waals surface area contributed by atoms with E-state index < -0.39 is 6.41 Å². The summed E-state index contributed by atoms with van der Waals surface area (Å²) in [5.41, 5.74) is 6.17. The van der Waals surface area contributed by atoms with Crippen LogP contribution in [0.5, 0.6) is 0 Å². The third-order valence-corrected chi connectivity index (χ3v) is 7.36. The number of nitrogens with zero attached hydrogens (tertiary/aromatic N) is 5. The molecule has 0 bridgehead atoms. The van der Waals surface area contributed by atoms with E-state index in [4.69, 9.17) is 26.1 Å². The van der Waals surface area contributed by atoms with Crippen LogP contribution in [0.2, 0.25) is 5.02 Å². The third-order valence-electron chi connectivity index (χ3n) is 7.12. The molecular weight excluding hydrogens is 490 g/mol. The third kappa shape index (κ3) is 5.23. The molecule has 3 heterocycles. The average Bonchev–Trinajstić information content (AvgIpc) is 3.25. The monoisotopic (exact) mass is 523 g/mol. The summed E-state index contributed by atoms with van der Waals surface area (Å²) in [6, 6.07) is 10.1. The molecule has 0 saturated carbocycles. The van der Waals surface area contributed by atoms with Crippen LogP contribution in [0.25, 0.3) is 11.6 Å². The normalized spacial score (nSPS) is 20.2. The van der Waals surface area contributed by atoms with Crippen molar-refractivity contribution >= 4 is 23.3 Å². The predicted octanol–water partition coefficient (Wildman–Crippen LogP) is 4.12. The first-order valence-electron chi connectivity index (χ1n) is 12.6. The van der Waals surface area contributed by atoms with Crippen molar-refractivity contribution in [2.24, 2.45) is 7.05 Å². The fraction of sp³-hybridized carbons (Fsp3) is 0.429. The zero-order valence-electron chi connectivity index (χ0n) is 21.7. The maximum absolute atomic E-state index is 10.5. The van der Waals surface area contributed by atoms with Gasteiger partial charge in [0.15, 0.2) is 0 Å². The van der Waals surface area contributed by atoms with Gasteiger partial charge < -0.3 is 19.1 Å². The summed E-state index contributed by atoms with van der Waals surface area (Å²) in [5.74, 6) is 0. The van der Waals surface area contributed by atoms with E-state index in [1.54, 1.807) is 13.4 Å². The Morgan fingerprint density at radius 3 is 2.59 bits per heavy atom. The Kier molecular flexibility index (Phi) is 7.76. The maximum Gasteiger partial charge on any atom is 0.216 e. The van der Waals surface area contributed by atoms with Gasteiger partial charge in [-0.3, -0.25) is 14.8 Å². The minimum absolute atomic E-state index is 0.0414. The van der Waals surface area contributed by atoms with Crippen LogP contribution in [0.1, 0.15) is 54.1 Å². The van der Waals surface area contributed by atoms with E-state index in [9.17, 15) is 5.11 Å². The number of imidazole rings is 1. The molecule has 3 aromatic rings. The Bertz CT molecular complexity index is 1270. The van der Waals surface area contributed by atoms with Crippen LogP contribution in [0.4, 0.5) is 0 Å². The molecule has 3 atom stereocenters. The van der Waals surface area contributed by atoms with Crippen molar-refractivity contribution in [3.05, 3.63) is 82.2 Å². The van der Waals surface area contributed by atoms with Gasteiger partial charge in [-0.1, -0.05) is 23.7 Å². The predicted molar refractivity (Wildman–Crippen MR) is 144 cm³/mol. The summed E-state index contributed by atoms with van der Waals surface area (Å²) in [5, 5.41) is 11.2. The van der Waals surface area contributed by atoms with Crippen LogP contribution < -0.4 is 0 Å². The second kappa shape index (κ2) is 11.0. The number of aromatic nitrogens is 3. The fourth-order valence-corrected chi connectivity index (χ4v) is 5.52. The molecule has 1 aromatic carbocycles. The van der Waals surface area contributed by atoms with Gasteiger partial charge in [-0.05, 0) is 60.4 Å². The molecule has 9 heteroatoms. The first-order valence-corrected chi connectivity index (χ1v) is 13.0. The van der Waals surface area contributed by atoms with E-state index in [0.717, 1.165) is 46.7 Å². The number of fused-ring (bicyclic) bond motifs is 2. The molecule has 2 unspecified atom stereocenters. The van der Waals surface area contributed by atoms with Gasteiger partial charge in [-0.2, -0.15) is 0 Å². The molecule has 37 heavy (non-hydrogen) atoms. The van der Waals surface area contributed by atoms with E-state index in [1.165, 1.54) is 0 Å². The maximum atomic E-state index is 10.5. The highest BCUT2D eigenvalue weighted by Crippen LogP contribution is 2.45. The van der Waals surface area contributed by atoms with E-state index in [2.05, 4.69) is 28.1 Å². The summed E-state index contributed by atoms with van der Waals surface area (Å²) >= 11 is 6.58. The second-order valence-corrected chi connectivity index (χ2v) is 10.3. The number of aliphatic hydroxyl groups excluding tert-OH is 1. The number of ether oxygens (including phenoxy) is 2. The van der Waals surface area contributed by atoms with Gasteiger partial charge in [0, 0.05) is 51.6 Å². The van der Waals surface area contributed by atoms with Crippen LogP contribution >= 0.6 is 11.6 Å². The highest BCUT2D eigenvalue weighted by molar-refractivity contribution is 6.30. The number of aryl methyl sites for hydroxylation is 1. The zero-order chi connectivity index (χ0) is 26.1. The van der Waals surface area contributed by atoms with Gasteiger partial charge in [-0.15, -0.1) is 0 Å². The van der Waals surface area contributed by atoms with Gasteiger partial charge in [0.05, 0.1) is 36.1 Å². The molecule has 1 aliphatic carbocycles. The lowest BCUT2D eigenvalue weighted by atomic mass is 9.91. The highest BCUT2D eigenvalue weighted by atomic mass is 35.5. The molecule has 0 spiro atoms. The molecule has 1 saturated heterocycles. The molecule has 8 nitrogen and oxygen atoms in total. The van der Waals surface area contributed by atoms with Crippen molar-refractivity contribution in [1.29, 1.82) is 0 Å². The van der Waals surface area contributed by atoms with Crippen LogP contribution in [0, 0.1) is 0 Å². The molecule has 0 radical (unpaired) electrons. The van der Waals surface area contributed by atoms with Gasteiger partial charge in [0.2, 0.25) is 6.41 Å². The summed E-state index contributed by atoms with van der Waals surface area (Å²) in [6.07, 6.45) is 6.38. The number of piperazine rings is 1. The SMILES string of the molecule is COC(C1=Cc2cccnc2[C@@H](N2CCN(C(O)OC(C)C)CC2)c2ccc(Cl)cc21)c1cncn1C. The lowest BCUT2D eigenvalue weighted by Gasteiger charge is -2.41. The number of halogens is 1.